The van der Waals surface area contributed by atoms with Crippen LogP contribution in [-0.2, 0) is 19.5 Å². The Morgan fingerprint density at radius 2 is 2.40 bits per heavy atom. The summed E-state index contributed by atoms with van der Waals surface area (Å²) in [6.07, 6.45) is 2.74. The van der Waals surface area contributed by atoms with Gasteiger partial charge in [-0.25, -0.2) is 0 Å². The van der Waals surface area contributed by atoms with E-state index >= 15 is 0 Å². The zero-order valence-electron chi connectivity index (χ0n) is 13.8. The van der Waals surface area contributed by atoms with Gasteiger partial charge in [0, 0.05) is 6.42 Å². The Labute approximate surface area is 147 Å². The van der Waals surface area contributed by atoms with Crippen LogP contribution in [0.5, 0.6) is 0 Å². The summed E-state index contributed by atoms with van der Waals surface area (Å²) in [5.74, 6) is 2.24. The second-order valence-electron chi connectivity index (χ2n) is 6.25. The summed E-state index contributed by atoms with van der Waals surface area (Å²) in [5, 5.41) is 16.5. The summed E-state index contributed by atoms with van der Waals surface area (Å²) in [4.78, 5) is 8.76. The third kappa shape index (κ3) is 2.38. The number of thiophene rings is 1. The molecule has 25 heavy (non-hydrogen) atoms. The fourth-order valence-corrected chi connectivity index (χ4v) is 4.83. The van der Waals surface area contributed by atoms with E-state index in [1.807, 2.05) is 12.1 Å². The van der Waals surface area contributed by atoms with Crippen molar-refractivity contribution in [3.05, 3.63) is 34.6 Å². The van der Waals surface area contributed by atoms with E-state index in [1.165, 1.54) is 10.4 Å². The van der Waals surface area contributed by atoms with Crippen LogP contribution >= 0.6 is 11.3 Å². The molecule has 0 aliphatic carbocycles. The Hall–Kier alpha value is -2.52. The SMILES string of the molecule is CC[NH+]1CCc2c(sc3c2c(NCc2ccco2)nc2nnnn23)C1. The van der Waals surface area contributed by atoms with Gasteiger partial charge in [-0.05, 0) is 35.0 Å². The number of aromatic nitrogens is 5. The van der Waals surface area contributed by atoms with Crippen molar-refractivity contribution in [2.24, 2.45) is 0 Å². The normalized spacial score (nSPS) is 17.2. The molecule has 0 spiro atoms. The highest BCUT2D eigenvalue weighted by Crippen LogP contribution is 2.36. The molecule has 8 nitrogen and oxygen atoms in total. The van der Waals surface area contributed by atoms with Gasteiger partial charge in [0.2, 0.25) is 0 Å². The van der Waals surface area contributed by atoms with E-state index in [9.17, 15) is 0 Å². The average molecular weight is 356 g/mol. The van der Waals surface area contributed by atoms with E-state index in [4.69, 9.17) is 4.42 Å². The first kappa shape index (κ1) is 14.8. The van der Waals surface area contributed by atoms with Crippen molar-refractivity contribution in [3.8, 4) is 0 Å². The number of anilines is 1. The maximum Gasteiger partial charge on any atom is 0.276 e. The minimum atomic E-state index is 0.521. The molecular weight excluding hydrogens is 338 g/mol. The first-order chi connectivity index (χ1) is 12.3. The molecule has 4 aromatic heterocycles. The number of quaternary nitrogens is 1. The van der Waals surface area contributed by atoms with Crippen molar-refractivity contribution in [2.45, 2.75) is 26.4 Å². The summed E-state index contributed by atoms with van der Waals surface area (Å²) in [6.45, 7) is 6.19. The predicted octanol–water partition coefficient (Wildman–Crippen LogP) is 0.900. The lowest BCUT2D eigenvalue weighted by molar-refractivity contribution is -0.913. The molecular formula is C16H18N7OS+. The molecule has 128 valence electrons. The number of tetrazole rings is 1. The quantitative estimate of drug-likeness (QED) is 0.565. The van der Waals surface area contributed by atoms with Crippen LogP contribution in [0.15, 0.2) is 22.8 Å². The largest absolute Gasteiger partial charge is 0.467 e. The molecule has 0 saturated heterocycles. The van der Waals surface area contributed by atoms with Crippen LogP contribution in [0, 0.1) is 0 Å². The molecule has 1 aliphatic rings. The minimum absolute atomic E-state index is 0.521. The van der Waals surface area contributed by atoms with Crippen molar-refractivity contribution in [1.82, 2.24) is 25.0 Å². The first-order valence-electron chi connectivity index (χ1n) is 8.45. The van der Waals surface area contributed by atoms with Gasteiger partial charge >= 0.3 is 0 Å². The highest BCUT2D eigenvalue weighted by molar-refractivity contribution is 7.19. The van der Waals surface area contributed by atoms with Crippen LogP contribution in [0.2, 0.25) is 0 Å². The lowest BCUT2D eigenvalue weighted by atomic mass is 10.0. The van der Waals surface area contributed by atoms with E-state index in [0.717, 1.165) is 47.8 Å². The van der Waals surface area contributed by atoms with Gasteiger partial charge in [0.15, 0.2) is 0 Å². The van der Waals surface area contributed by atoms with Crippen molar-refractivity contribution in [2.75, 3.05) is 18.4 Å². The number of hydrogen-bond acceptors (Lipinski definition) is 7. The maximum absolute atomic E-state index is 5.43. The van der Waals surface area contributed by atoms with Crippen LogP contribution < -0.4 is 10.2 Å². The molecule has 9 heteroatoms. The summed E-state index contributed by atoms with van der Waals surface area (Å²) >= 11 is 1.79. The molecule has 0 radical (unpaired) electrons. The van der Waals surface area contributed by atoms with Gasteiger partial charge < -0.3 is 14.6 Å². The molecule has 0 bridgehead atoms. The summed E-state index contributed by atoms with van der Waals surface area (Å²) in [5.41, 5.74) is 1.39. The van der Waals surface area contributed by atoms with Crippen molar-refractivity contribution < 1.29 is 9.32 Å². The number of fused-ring (bicyclic) bond motifs is 5. The second-order valence-corrected chi connectivity index (χ2v) is 7.33. The zero-order valence-corrected chi connectivity index (χ0v) is 14.6. The summed E-state index contributed by atoms with van der Waals surface area (Å²) in [6, 6.07) is 3.84. The highest BCUT2D eigenvalue weighted by Gasteiger charge is 2.27. The van der Waals surface area contributed by atoms with Gasteiger partial charge in [0.1, 0.15) is 23.0 Å². The predicted molar refractivity (Wildman–Crippen MR) is 93.8 cm³/mol. The molecule has 2 N–H and O–H groups in total. The van der Waals surface area contributed by atoms with E-state index in [1.54, 1.807) is 27.0 Å². The van der Waals surface area contributed by atoms with Gasteiger partial charge in [-0.2, -0.15) is 9.50 Å². The van der Waals surface area contributed by atoms with Gasteiger partial charge in [0.25, 0.3) is 5.78 Å². The number of nitrogens with one attached hydrogen (secondary N) is 2. The molecule has 0 fully saturated rings. The Morgan fingerprint density at radius 3 is 3.24 bits per heavy atom. The Kier molecular flexibility index (Phi) is 3.42. The fourth-order valence-electron chi connectivity index (χ4n) is 3.47. The summed E-state index contributed by atoms with van der Waals surface area (Å²) < 4.78 is 7.18. The van der Waals surface area contributed by atoms with Gasteiger partial charge in [-0.3, -0.25) is 0 Å². The lowest BCUT2D eigenvalue weighted by Gasteiger charge is -2.22. The van der Waals surface area contributed by atoms with E-state index < -0.39 is 0 Å². The maximum atomic E-state index is 5.43. The molecule has 0 saturated carbocycles. The van der Waals surface area contributed by atoms with Crippen LogP contribution in [0.4, 0.5) is 5.82 Å². The molecule has 1 aliphatic heterocycles. The minimum Gasteiger partial charge on any atom is -0.467 e. The molecule has 1 unspecified atom stereocenters. The van der Waals surface area contributed by atoms with Gasteiger partial charge in [-0.15, -0.1) is 11.3 Å². The lowest BCUT2D eigenvalue weighted by Crippen LogP contribution is -3.11. The second kappa shape index (κ2) is 5.78. The van der Waals surface area contributed by atoms with Crippen molar-refractivity contribution in [1.29, 1.82) is 0 Å². The third-order valence-electron chi connectivity index (χ3n) is 4.82. The number of furan rings is 1. The smallest absolute Gasteiger partial charge is 0.276 e. The van der Waals surface area contributed by atoms with Crippen LogP contribution in [0.1, 0.15) is 23.1 Å². The van der Waals surface area contributed by atoms with Gasteiger partial charge in [0.05, 0.1) is 36.2 Å². The van der Waals surface area contributed by atoms with Gasteiger partial charge in [-0.1, -0.05) is 5.10 Å². The zero-order chi connectivity index (χ0) is 16.8. The topological polar surface area (TPSA) is 85.6 Å². The molecule has 1 atom stereocenters. The number of nitrogens with zero attached hydrogens (tertiary/aromatic N) is 5. The van der Waals surface area contributed by atoms with Crippen molar-refractivity contribution in [3.63, 3.8) is 0 Å². The standard InChI is InChI=1S/C16H17N7OS/c1-2-22-6-5-11-12(9-22)25-15-13(11)14(17-8-10-4-3-7-24-10)18-16-19-20-21-23(15)16/h3-4,7H,2,5-6,8-9H2,1H3,(H,17,18,19,21)/p+1. The van der Waals surface area contributed by atoms with Crippen LogP contribution in [0.25, 0.3) is 16.0 Å². The van der Waals surface area contributed by atoms with E-state index in [2.05, 4.69) is 32.7 Å². The Bertz CT molecular complexity index is 1040. The van der Waals surface area contributed by atoms with Crippen LogP contribution in [0.3, 0.4) is 0 Å². The first-order valence-corrected chi connectivity index (χ1v) is 9.27. The third-order valence-corrected chi connectivity index (χ3v) is 6.02. The monoisotopic (exact) mass is 356 g/mol. The highest BCUT2D eigenvalue weighted by atomic mass is 32.1. The van der Waals surface area contributed by atoms with E-state index in [0.29, 0.717) is 12.3 Å². The molecule has 0 aromatic carbocycles. The molecule has 4 aromatic rings. The van der Waals surface area contributed by atoms with Crippen molar-refractivity contribution >= 4 is 33.1 Å². The number of likely N-dealkylation sites (N-methyl/N-ethyl adjacent to an activating group) is 1. The van der Waals surface area contributed by atoms with E-state index in [-0.39, 0.29) is 0 Å². The number of rotatable bonds is 4. The summed E-state index contributed by atoms with van der Waals surface area (Å²) in [7, 11) is 0. The average Bonchev–Trinajstić information content (AvgIpc) is 3.36. The fraction of sp³-hybridized carbons (Fsp3) is 0.375. The molecule has 0 amide bonds. The number of hydrogen-bond donors (Lipinski definition) is 2. The van der Waals surface area contributed by atoms with Crippen LogP contribution in [-0.4, -0.2) is 38.1 Å². The Balaban J connectivity index is 1.65. The molecule has 5 rings (SSSR count). The molecule has 5 heterocycles. The Morgan fingerprint density at radius 1 is 1.44 bits per heavy atom.